The highest BCUT2D eigenvalue weighted by molar-refractivity contribution is 14.0. The first-order valence-electron chi connectivity index (χ1n) is 6.96. The molecule has 0 bridgehead atoms. The lowest BCUT2D eigenvalue weighted by Gasteiger charge is -2.16. The van der Waals surface area contributed by atoms with Crippen molar-refractivity contribution in [3.8, 4) is 5.69 Å². The molecule has 0 radical (unpaired) electrons. The molecule has 0 saturated heterocycles. The van der Waals surface area contributed by atoms with Gasteiger partial charge in [-0.15, -0.1) is 24.0 Å². The van der Waals surface area contributed by atoms with E-state index in [-0.39, 0.29) is 24.0 Å². The summed E-state index contributed by atoms with van der Waals surface area (Å²) in [5.74, 6) is 0.605. The van der Waals surface area contributed by atoms with Crippen molar-refractivity contribution < 1.29 is 0 Å². The summed E-state index contributed by atoms with van der Waals surface area (Å²) in [6, 6.07) is 8.60. The summed E-state index contributed by atoms with van der Waals surface area (Å²) < 4.78 is 2.90. The van der Waals surface area contributed by atoms with Gasteiger partial charge in [-0.3, -0.25) is 0 Å². The smallest absolute Gasteiger partial charge is 0.191 e. The Morgan fingerprint density at radius 3 is 2.73 bits per heavy atom. The second-order valence-corrected chi connectivity index (χ2v) is 6.20. The molecule has 1 saturated carbocycles. The predicted molar refractivity (Wildman–Crippen MR) is 103 cm³/mol. The van der Waals surface area contributed by atoms with Crippen molar-refractivity contribution in [3.63, 3.8) is 0 Å². The molecule has 0 atom stereocenters. The first-order chi connectivity index (χ1) is 10.1. The molecule has 3 rings (SSSR count). The molecule has 118 valence electrons. The van der Waals surface area contributed by atoms with Gasteiger partial charge in [0.05, 0.1) is 18.4 Å². The van der Waals surface area contributed by atoms with Crippen LogP contribution in [0, 0.1) is 0 Å². The Bertz CT molecular complexity index is 648. The van der Waals surface area contributed by atoms with Crippen LogP contribution in [-0.2, 0) is 6.54 Å². The zero-order valence-electron chi connectivity index (χ0n) is 12.3. The predicted octanol–water partition coefficient (Wildman–Crippen LogP) is 3.16. The molecule has 2 N–H and O–H groups in total. The average molecular weight is 476 g/mol. The first kappa shape index (κ1) is 17.3. The third-order valence-electron chi connectivity index (χ3n) is 3.61. The normalized spacial score (nSPS) is 14.5. The standard InChI is InChI=1S/C15H18BrN5.HI/c1-20(13-6-7-13)15(17)18-8-11-9-19-21(10-11)14-4-2-12(16)3-5-14;/h2-5,9-10,13H,6-8H2,1H3,(H2,17,18);1H. The molecule has 0 amide bonds. The quantitative estimate of drug-likeness (QED) is 0.419. The van der Waals surface area contributed by atoms with Gasteiger partial charge >= 0.3 is 0 Å². The number of aliphatic imine (C=N–C) groups is 1. The van der Waals surface area contributed by atoms with E-state index in [0.717, 1.165) is 15.7 Å². The fourth-order valence-electron chi connectivity index (χ4n) is 2.11. The van der Waals surface area contributed by atoms with Crippen LogP contribution in [0.3, 0.4) is 0 Å². The molecule has 22 heavy (non-hydrogen) atoms. The maximum Gasteiger partial charge on any atom is 0.191 e. The number of rotatable bonds is 4. The number of nitrogens with two attached hydrogens (primary N) is 1. The van der Waals surface area contributed by atoms with E-state index in [2.05, 4.69) is 30.9 Å². The second kappa shape index (κ2) is 7.45. The second-order valence-electron chi connectivity index (χ2n) is 5.29. The molecule has 0 aliphatic heterocycles. The highest BCUT2D eigenvalue weighted by Crippen LogP contribution is 2.25. The van der Waals surface area contributed by atoms with E-state index in [9.17, 15) is 0 Å². The Balaban J connectivity index is 0.00000176. The third-order valence-corrected chi connectivity index (χ3v) is 4.14. The lowest BCUT2D eigenvalue weighted by Crippen LogP contribution is -2.35. The molecule has 5 nitrogen and oxygen atoms in total. The molecule has 7 heteroatoms. The van der Waals surface area contributed by atoms with Crippen LogP contribution in [0.4, 0.5) is 0 Å². The summed E-state index contributed by atoms with van der Waals surface area (Å²) in [5, 5.41) is 4.36. The molecule has 1 aromatic heterocycles. The van der Waals surface area contributed by atoms with Gasteiger partial charge in [-0.2, -0.15) is 5.10 Å². The molecule has 1 fully saturated rings. The molecule has 1 aromatic carbocycles. The van der Waals surface area contributed by atoms with Gasteiger partial charge in [0.2, 0.25) is 0 Å². The molecule has 0 spiro atoms. The topological polar surface area (TPSA) is 59.4 Å². The van der Waals surface area contributed by atoms with E-state index >= 15 is 0 Å². The summed E-state index contributed by atoms with van der Waals surface area (Å²) in [6.45, 7) is 0.555. The molecule has 1 aliphatic carbocycles. The van der Waals surface area contributed by atoms with Crippen molar-refractivity contribution in [1.29, 1.82) is 0 Å². The molecule has 2 aromatic rings. The van der Waals surface area contributed by atoms with Crippen molar-refractivity contribution in [3.05, 3.63) is 46.7 Å². The number of aromatic nitrogens is 2. The number of benzene rings is 1. The van der Waals surface area contributed by atoms with Gasteiger partial charge < -0.3 is 10.6 Å². The van der Waals surface area contributed by atoms with E-state index in [1.54, 1.807) is 0 Å². The highest BCUT2D eigenvalue weighted by Gasteiger charge is 2.27. The van der Waals surface area contributed by atoms with Gasteiger partial charge in [0.25, 0.3) is 0 Å². The van der Waals surface area contributed by atoms with Gasteiger partial charge in [-0.1, -0.05) is 15.9 Å². The minimum atomic E-state index is 0. The number of hydrogen-bond donors (Lipinski definition) is 1. The molecule has 1 heterocycles. The van der Waals surface area contributed by atoms with Crippen molar-refractivity contribution in [1.82, 2.24) is 14.7 Å². The van der Waals surface area contributed by atoms with Crippen LogP contribution in [0.2, 0.25) is 0 Å². The summed E-state index contributed by atoms with van der Waals surface area (Å²) in [5.41, 5.74) is 8.05. The van der Waals surface area contributed by atoms with Crippen LogP contribution >= 0.6 is 39.9 Å². The monoisotopic (exact) mass is 475 g/mol. The minimum absolute atomic E-state index is 0. The molecular weight excluding hydrogens is 457 g/mol. The highest BCUT2D eigenvalue weighted by atomic mass is 127. The zero-order chi connectivity index (χ0) is 14.8. The third kappa shape index (κ3) is 4.22. The molecule has 1 aliphatic rings. The average Bonchev–Trinajstić information content (AvgIpc) is 3.23. The number of halogens is 2. The Kier molecular flexibility index (Phi) is 5.85. The maximum absolute atomic E-state index is 5.98. The van der Waals surface area contributed by atoms with E-state index in [4.69, 9.17) is 5.73 Å². The van der Waals surface area contributed by atoms with Crippen LogP contribution in [0.15, 0.2) is 46.1 Å². The molecular formula is C15H19BrIN5. The van der Waals surface area contributed by atoms with Gasteiger partial charge in [0.1, 0.15) is 0 Å². The maximum atomic E-state index is 5.98. The number of guanidine groups is 1. The van der Waals surface area contributed by atoms with E-state index < -0.39 is 0 Å². The van der Waals surface area contributed by atoms with Crippen LogP contribution in [0.25, 0.3) is 5.69 Å². The van der Waals surface area contributed by atoms with Crippen molar-refractivity contribution >= 4 is 45.9 Å². The SMILES string of the molecule is CN(C(N)=NCc1cnn(-c2ccc(Br)cc2)c1)C1CC1.I. The van der Waals surface area contributed by atoms with Gasteiger partial charge in [0, 0.05) is 29.3 Å². The Morgan fingerprint density at radius 1 is 1.41 bits per heavy atom. The minimum Gasteiger partial charge on any atom is -0.370 e. The van der Waals surface area contributed by atoms with Crippen molar-refractivity contribution in [2.45, 2.75) is 25.4 Å². The first-order valence-corrected chi connectivity index (χ1v) is 7.75. The lowest BCUT2D eigenvalue weighted by atomic mass is 10.3. The fraction of sp³-hybridized carbons (Fsp3) is 0.333. The largest absolute Gasteiger partial charge is 0.370 e. The van der Waals surface area contributed by atoms with Crippen molar-refractivity contribution in [2.24, 2.45) is 10.7 Å². The fourth-order valence-corrected chi connectivity index (χ4v) is 2.37. The molecule has 0 unspecified atom stereocenters. The summed E-state index contributed by atoms with van der Waals surface area (Å²) >= 11 is 3.43. The van der Waals surface area contributed by atoms with Crippen LogP contribution in [-0.4, -0.2) is 33.7 Å². The van der Waals surface area contributed by atoms with E-state index in [1.807, 2.05) is 48.4 Å². The van der Waals surface area contributed by atoms with Crippen LogP contribution in [0.5, 0.6) is 0 Å². The van der Waals surface area contributed by atoms with E-state index in [0.29, 0.717) is 18.5 Å². The van der Waals surface area contributed by atoms with Crippen LogP contribution in [0.1, 0.15) is 18.4 Å². The van der Waals surface area contributed by atoms with Gasteiger partial charge in [-0.25, -0.2) is 9.67 Å². The summed E-state index contributed by atoms with van der Waals surface area (Å²) in [7, 11) is 2.00. The zero-order valence-corrected chi connectivity index (χ0v) is 16.2. The lowest BCUT2D eigenvalue weighted by molar-refractivity contribution is 0.487. The van der Waals surface area contributed by atoms with Crippen molar-refractivity contribution in [2.75, 3.05) is 7.05 Å². The van der Waals surface area contributed by atoms with Gasteiger partial charge in [-0.05, 0) is 37.1 Å². The number of hydrogen-bond acceptors (Lipinski definition) is 2. The Hall–Kier alpha value is -1.09. The van der Waals surface area contributed by atoms with Crippen LogP contribution < -0.4 is 5.73 Å². The number of nitrogens with zero attached hydrogens (tertiary/aromatic N) is 4. The summed E-state index contributed by atoms with van der Waals surface area (Å²) in [4.78, 5) is 6.49. The Labute approximate surface area is 155 Å². The Morgan fingerprint density at radius 2 is 2.09 bits per heavy atom. The van der Waals surface area contributed by atoms with Gasteiger partial charge in [0.15, 0.2) is 5.96 Å². The van der Waals surface area contributed by atoms with E-state index in [1.165, 1.54) is 12.8 Å². The summed E-state index contributed by atoms with van der Waals surface area (Å²) in [6.07, 6.45) is 6.25.